The number of ketones is 1. The van der Waals surface area contributed by atoms with Crippen LogP contribution in [0.2, 0.25) is 0 Å². The molecule has 1 aliphatic carbocycles. The molecular weight excluding hydrogens is 246 g/mol. The summed E-state index contributed by atoms with van der Waals surface area (Å²) in [7, 11) is 3.00. The van der Waals surface area contributed by atoms with E-state index >= 15 is 0 Å². The lowest BCUT2D eigenvalue weighted by molar-refractivity contribution is 0.0292. The molecule has 0 aromatic heterocycles. The number of benzene rings is 1. The van der Waals surface area contributed by atoms with Gasteiger partial charge < -0.3 is 14.6 Å². The fraction of sp³-hybridized carbons (Fsp3) is 0.429. The molecule has 19 heavy (non-hydrogen) atoms. The van der Waals surface area contributed by atoms with E-state index in [2.05, 4.69) is 0 Å². The van der Waals surface area contributed by atoms with E-state index in [0.717, 1.165) is 0 Å². The molecule has 0 saturated heterocycles. The Labute approximate surface area is 111 Å². The quantitative estimate of drug-likeness (QED) is 0.891. The summed E-state index contributed by atoms with van der Waals surface area (Å²) in [5, 5.41) is 19.1. The van der Waals surface area contributed by atoms with Crippen LogP contribution >= 0.6 is 0 Å². The number of ether oxygens (including phenoxy) is 2. The van der Waals surface area contributed by atoms with Crippen molar-refractivity contribution in [2.24, 2.45) is 0 Å². The molecule has 0 bridgehead atoms. The predicted molar refractivity (Wildman–Crippen MR) is 67.4 cm³/mol. The van der Waals surface area contributed by atoms with Gasteiger partial charge in [0.2, 0.25) is 0 Å². The van der Waals surface area contributed by atoms with Gasteiger partial charge in [0, 0.05) is 18.4 Å². The Morgan fingerprint density at radius 3 is 2.53 bits per heavy atom. The number of carbonyl (C=O) groups excluding carboxylic acids is 1. The van der Waals surface area contributed by atoms with Crippen LogP contribution in [0.4, 0.5) is 0 Å². The SMILES string of the molecule is COc1ccc(OC)c2c1C[C@@](O)(CC#N)CC2=O. The van der Waals surface area contributed by atoms with Gasteiger partial charge in [0.25, 0.3) is 0 Å². The van der Waals surface area contributed by atoms with Crippen molar-refractivity contribution in [2.45, 2.75) is 24.9 Å². The average molecular weight is 261 g/mol. The summed E-state index contributed by atoms with van der Waals surface area (Å²) in [6.07, 6.45) is 0.0532. The van der Waals surface area contributed by atoms with Gasteiger partial charge >= 0.3 is 0 Å². The molecule has 1 N–H and O–H groups in total. The highest BCUT2D eigenvalue weighted by Crippen LogP contribution is 2.40. The van der Waals surface area contributed by atoms with Crippen LogP contribution in [0.1, 0.15) is 28.8 Å². The van der Waals surface area contributed by atoms with Crippen molar-refractivity contribution >= 4 is 5.78 Å². The minimum Gasteiger partial charge on any atom is -0.496 e. The number of hydrogen-bond acceptors (Lipinski definition) is 5. The average Bonchev–Trinajstić information content (AvgIpc) is 2.37. The molecule has 0 amide bonds. The van der Waals surface area contributed by atoms with Crippen molar-refractivity contribution in [2.75, 3.05) is 14.2 Å². The van der Waals surface area contributed by atoms with Crippen LogP contribution in [-0.4, -0.2) is 30.7 Å². The van der Waals surface area contributed by atoms with E-state index in [-0.39, 0.29) is 25.0 Å². The highest BCUT2D eigenvalue weighted by molar-refractivity contribution is 6.02. The third-order valence-electron chi connectivity index (χ3n) is 3.35. The number of fused-ring (bicyclic) bond motifs is 1. The van der Waals surface area contributed by atoms with Gasteiger partial charge in [-0.2, -0.15) is 5.26 Å². The Balaban J connectivity index is 2.57. The van der Waals surface area contributed by atoms with Gasteiger partial charge in [0.15, 0.2) is 5.78 Å². The number of nitriles is 1. The zero-order valence-electron chi connectivity index (χ0n) is 10.9. The largest absolute Gasteiger partial charge is 0.496 e. The van der Waals surface area contributed by atoms with E-state index in [1.54, 1.807) is 12.1 Å². The number of rotatable bonds is 3. The second kappa shape index (κ2) is 4.90. The number of nitrogens with zero attached hydrogens (tertiary/aromatic N) is 1. The van der Waals surface area contributed by atoms with Crippen molar-refractivity contribution in [1.82, 2.24) is 0 Å². The molecule has 0 heterocycles. The molecule has 5 heteroatoms. The number of Topliss-reactive ketones (excluding diaryl/α,β-unsaturated/α-hetero) is 1. The lowest BCUT2D eigenvalue weighted by Crippen LogP contribution is -2.38. The first-order valence-electron chi connectivity index (χ1n) is 5.91. The van der Waals surface area contributed by atoms with Crippen molar-refractivity contribution in [3.8, 4) is 17.6 Å². The van der Waals surface area contributed by atoms with Crippen LogP contribution in [0.25, 0.3) is 0 Å². The van der Waals surface area contributed by atoms with E-state index in [1.165, 1.54) is 14.2 Å². The second-order valence-corrected chi connectivity index (χ2v) is 4.66. The number of aliphatic hydroxyl groups is 1. The van der Waals surface area contributed by atoms with Crippen LogP contribution in [0, 0.1) is 11.3 Å². The lowest BCUT2D eigenvalue weighted by atomic mass is 9.77. The van der Waals surface area contributed by atoms with Gasteiger partial charge in [-0.05, 0) is 12.1 Å². The second-order valence-electron chi connectivity index (χ2n) is 4.66. The van der Waals surface area contributed by atoms with Gasteiger partial charge in [-0.15, -0.1) is 0 Å². The van der Waals surface area contributed by atoms with Crippen LogP contribution in [0.3, 0.4) is 0 Å². The van der Waals surface area contributed by atoms with Crippen LogP contribution < -0.4 is 9.47 Å². The molecule has 0 aliphatic heterocycles. The Morgan fingerprint density at radius 2 is 1.95 bits per heavy atom. The summed E-state index contributed by atoms with van der Waals surface area (Å²) in [5.41, 5.74) is -0.265. The maximum atomic E-state index is 12.2. The van der Waals surface area contributed by atoms with Gasteiger partial charge in [-0.25, -0.2) is 0 Å². The fourth-order valence-corrected chi connectivity index (χ4v) is 2.50. The summed E-state index contributed by atoms with van der Waals surface area (Å²) in [5.74, 6) is 0.773. The third kappa shape index (κ3) is 2.27. The third-order valence-corrected chi connectivity index (χ3v) is 3.35. The highest BCUT2D eigenvalue weighted by atomic mass is 16.5. The lowest BCUT2D eigenvalue weighted by Gasteiger charge is -2.32. The first-order chi connectivity index (χ1) is 9.04. The van der Waals surface area contributed by atoms with E-state index in [1.807, 2.05) is 6.07 Å². The molecule has 1 aromatic carbocycles. The van der Waals surface area contributed by atoms with E-state index < -0.39 is 5.60 Å². The Hall–Kier alpha value is -2.06. The molecule has 0 unspecified atom stereocenters. The molecular formula is C14H15NO4. The van der Waals surface area contributed by atoms with Crippen molar-refractivity contribution in [3.63, 3.8) is 0 Å². The molecule has 0 fully saturated rings. The van der Waals surface area contributed by atoms with Gasteiger partial charge in [0.1, 0.15) is 11.5 Å². The van der Waals surface area contributed by atoms with Crippen LogP contribution in [0.15, 0.2) is 12.1 Å². The number of hydrogen-bond donors (Lipinski definition) is 1. The molecule has 5 nitrogen and oxygen atoms in total. The molecule has 2 rings (SSSR count). The van der Waals surface area contributed by atoms with E-state index in [4.69, 9.17) is 14.7 Å². The van der Waals surface area contributed by atoms with Gasteiger partial charge in [-0.3, -0.25) is 4.79 Å². The monoisotopic (exact) mass is 261 g/mol. The fourth-order valence-electron chi connectivity index (χ4n) is 2.50. The molecule has 0 saturated carbocycles. The minimum atomic E-state index is -1.32. The first kappa shape index (κ1) is 13.4. The maximum absolute atomic E-state index is 12.2. The molecule has 0 radical (unpaired) electrons. The van der Waals surface area contributed by atoms with Crippen LogP contribution in [0.5, 0.6) is 11.5 Å². The smallest absolute Gasteiger partial charge is 0.169 e. The van der Waals surface area contributed by atoms with Crippen molar-refractivity contribution < 1.29 is 19.4 Å². The summed E-state index contributed by atoms with van der Waals surface area (Å²) >= 11 is 0. The molecule has 1 aromatic rings. The van der Waals surface area contributed by atoms with E-state index in [9.17, 15) is 9.90 Å². The Kier molecular flexibility index (Phi) is 3.45. The minimum absolute atomic E-state index is 0.0723. The van der Waals surface area contributed by atoms with Crippen molar-refractivity contribution in [1.29, 1.82) is 5.26 Å². The number of carbonyl (C=O) groups is 1. The topological polar surface area (TPSA) is 79.5 Å². The number of methoxy groups -OCH3 is 2. The van der Waals surface area contributed by atoms with Gasteiger partial charge in [-0.1, -0.05) is 0 Å². The Morgan fingerprint density at radius 1 is 1.32 bits per heavy atom. The standard InChI is InChI=1S/C14H15NO4/c1-18-11-3-4-12(19-2)13-9(11)7-14(17,5-6-15)8-10(13)16/h3-4,17H,5,7-8H2,1-2H3/t14-/m0/s1. The summed E-state index contributed by atoms with van der Waals surface area (Å²) < 4.78 is 10.4. The van der Waals surface area contributed by atoms with Gasteiger partial charge in [0.05, 0.1) is 37.9 Å². The summed E-state index contributed by atoms with van der Waals surface area (Å²) in [6, 6.07) is 5.29. The summed E-state index contributed by atoms with van der Waals surface area (Å²) in [4.78, 5) is 12.2. The zero-order chi connectivity index (χ0) is 14.0. The molecule has 0 spiro atoms. The zero-order valence-corrected chi connectivity index (χ0v) is 10.9. The Bertz CT molecular complexity index is 561. The normalized spacial score (nSPS) is 21.5. The van der Waals surface area contributed by atoms with E-state index in [0.29, 0.717) is 22.6 Å². The molecule has 1 atom stereocenters. The predicted octanol–water partition coefficient (Wildman–Crippen LogP) is 1.48. The summed E-state index contributed by atoms with van der Waals surface area (Å²) in [6.45, 7) is 0. The highest BCUT2D eigenvalue weighted by Gasteiger charge is 2.39. The molecule has 100 valence electrons. The molecule has 1 aliphatic rings. The van der Waals surface area contributed by atoms with Crippen molar-refractivity contribution in [3.05, 3.63) is 23.3 Å². The first-order valence-corrected chi connectivity index (χ1v) is 5.91. The maximum Gasteiger partial charge on any atom is 0.169 e. The van der Waals surface area contributed by atoms with Crippen LogP contribution in [-0.2, 0) is 6.42 Å².